The molecule has 0 atom stereocenters. The van der Waals surface area contributed by atoms with E-state index in [2.05, 4.69) is 31.2 Å². The maximum atomic E-state index is 12.7. The highest BCUT2D eigenvalue weighted by Crippen LogP contribution is 2.30. The minimum Gasteiger partial charge on any atom is -0.368 e. The molecule has 2 rings (SSSR count). The van der Waals surface area contributed by atoms with Crippen molar-refractivity contribution in [3.8, 4) is 6.07 Å². The number of nitrogens with zero attached hydrogens (tertiary/aromatic N) is 3. The molecule has 1 aromatic heterocycles. The van der Waals surface area contributed by atoms with Crippen molar-refractivity contribution in [1.29, 1.82) is 5.26 Å². The third kappa shape index (κ3) is 3.61. The lowest BCUT2D eigenvalue weighted by atomic mass is 10.2. The van der Waals surface area contributed by atoms with Crippen LogP contribution in [-0.2, 0) is 6.18 Å². The van der Waals surface area contributed by atoms with E-state index in [1.54, 1.807) is 12.1 Å². The summed E-state index contributed by atoms with van der Waals surface area (Å²) in [5.41, 5.74) is 4.67. The third-order valence-electron chi connectivity index (χ3n) is 2.40. The molecule has 0 aliphatic rings. The average molecular weight is 358 g/mol. The average Bonchev–Trinajstić information content (AvgIpc) is 2.37. The fourth-order valence-electron chi connectivity index (χ4n) is 1.53. The van der Waals surface area contributed by atoms with Crippen LogP contribution in [0.25, 0.3) is 0 Å². The first-order chi connectivity index (χ1) is 9.79. The van der Waals surface area contributed by atoms with Gasteiger partial charge in [0.05, 0.1) is 11.3 Å². The van der Waals surface area contributed by atoms with Crippen LogP contribution >= 0.6 is 15.9 Å². The maximum Gasteiger partial charge on any atom is 0.433 e. The Balaban J connectivity index is 2.43. The van der Waals surface area contributed by atoms with Crippen molar-refractivity contribution in [1.82, 2.24) is 9.97 Å². The summed E-state index contributed by atoms with van der Waals surface area (Å²) >= 11 is 3.21. The number of alkyl halides is 3. The topological polar surface area (TPSA) is 87.6 Å². The Morgan fingerprint density at radius 3 is 2.57 bits per heavy atom. The van der Waals surface area contributed by atoms with E-state index in [4.69, 9.17) is 11.0 Å². The number of rotatable bonds is 2. The molecular weight excluding hydrogens is 351 g/mol. The number of benzene rings is 1. The van der Waals surface area contributed by atoms with Crippen molar-refractivity contribution in [2.75, 3.05) is 11.1 Å². The first-order valence-corrected chi connectivity index (χ1v) is 6.27. The Kier molecular flexibility index (Phi) is 3.99. The van der Waals surface area contributed by atoms with Crippen LogP contribution in [0.2, 0.25) is 0 Å². The summed E-state index contributed by atoms with van der Waals surface area (Å²) in [7, 11) is 0. The van der Waals surface area contributed by atoms with Crippen LogP contribution in [-0.4, -0.2) is 9.97 Å². The number of halogens is 4. The highest BCUT2D eigenvalue weighted by molar-refractivity contribution is 9.10. The Bertz CT molecular complexity index is 724. The van der Waals surface area contributed by atoms with E-state index in [1.807, 2.05) is 6.07 Å². The second kappa shape index (κ2) is 5.57. The summed E-state index contributed by atoms with van der Waals surface area (Å²) in [6, 6.07) is 7.34. The van der Waals surface area contributed by atoms with Crippen molar-refractivity contribution in [3.05, 3.63) is 40.0 Å². The smallest absolute Gasteiger partial charge is 0.368 e. The molecule has 3 N–H and O–H groups in total. The Labute approximate surface area is 125 Å². The van der Waals surface area contributed by atoms with Gasteiger partial charge in [0.15, 0.2) is 5.69 Å². The van der Waals surface area contributed by atoms with E-state index >= 15 is 0 Å². The fourth-order valence-corrected chi connectivity index (χ4v) is 1.89. The van der Waals surface area contributed by atoms with Crippen molar-refractivity contribution in [3.63, 3.8) is 0 Å². The number of aromatic nitrogens is 2. The predicted molar refractivity (Wildman–Crippen MR) is 73.6 cm³/mol. The highest BCUT2D eigenvalue weighted by atomic mass is 79.9. The van der Waals surface area contributed by atoms with Crippen LogP contribution in [0.3, 0.4) is 0 Å². The van der Waals surface area contributed by atoms with Crippen molar-refractivity contribution >= 4 is 33.4 Å². The summed E-state index contributed by atoms with van der Waals surface area (Å²) in [5, 5.41) is 11.6. The molecule has 0 saturated carbocycles. The van der Waals surface area contributed by atoms with E-state index in [1.165, 1.54) is 6.07 Å². The molecule has 0 bridgehead atoms. The molecule has 0 spiro atoms. The Morgan fingerprint density at radius 2 is 1.95 bits per heavy atom. The molecule has 1 aromatic carbocycles. The zero-order chi connectivity index (χ0) is 15.6. The van der Waals surface area contributed by atoms with Gasteiger partial charge in [-0.05, 0) is 18.2 Å². The number of anilines is 3. The molecule has 0 unspecified atom stereocenters. The second-order valence-corrected chi connectivity index (χ2v) is 4.84. The van der Waals surface area contributed by atoms with E-state index in [-0.39, 0.29) is 11.4 Å². The lowest BCUT2D eigenvalue weighted by molar-refractivity contribution is -0.141. The maximum absolute atomic E-state index is 12.7. The van der Waals surface area contributed by atoms with Crippen LogP contribution in [0, 0.1) is 11.3 Å². The molecule has 0 radical (unpaired) electrons. The largest absolute Gasteiger partial charge is 0.433 e. The van der Waals surface area contributed by atoms with Gasteiger partial charge >= 0.3 is 6.18 Å². The molecule has 0 amide bonds. The number of nitrogens with two attached hydrogens (primary N) is 1. The van der Waals surface area contributed by atoms with E-state index in [0.717, 1.165) is 6.07 Å². The summed E-state index contributed by atoms with van der Waals surface area (Å²) in [5.74, 6) is -0.662. The van der Waals surface area contributed by atoms with E-state index < -0.39 is 17.8 Å². The van der Waals surface area contributed by atoms with Gasteiger partial charge in [-0.3, -0.25) is 0 Å². The minimum atomic E-state index is -4.64. The molecule has 2 aromatic rings. The number of hydrogen-bond donors (Lipinski definition) is 2. The van der Waals surface area contributed by atoms with Crippen LogP contribution in [0.4, 0.5) is 30.6 Å². The fraction of sp³-hybridized carbons (Fsp3) is 0.0833. The van der Waals surface area contributed by atoms with Crippen LogP contribution in [0.5, 0.6) is 0 Å². The number of hydrogen-bond acceptors (Lipinski definition) is 5. The van der Waals surface area contributed by atoms with Gasteiger partial charge < -0.3 is 11.1 Å². The predicted octanol–water partition coefficient (Wildman–Crippen LogP) is 3.46. The molecule has 0 fully saturated rings. The molecule has 9 heteroatoms. The SMILES string of the molecule is N#Cc1ccc(Br)cc1Nc1cc(C(F)(F)F)nc(N)n1. The summed E-state index contributed by atoms with van der Waals surface area (Å²) in [6.45, 7) is 0. The lowest BCUT2D eigenvalue weighted by Gasteiger charge is -2.11. The number of nitrogen functional groups attached to an aromatic ring is 1. The number of nitrogens with one attached hydrogen (secondary N) is 1. The van der Waals surface area contributed by atoms with Gasteiger partial charge in [0.25, 0.3) is 0 Å². The van der Waals surface area contributed by atoms with Gasteiger partial charge in [0, 0.05) is 10.5 Å². The van der Waals surface area contributed by atoms with Gasteiger partial charge in [0.2, 0.25) is 5.95 Å². The highest BCUT2D eigenvalue weighted by Gasteiger charge is 2.33. The van der Waals surface area contributed by atoms with Crippen LogP contribution in [0.1, 0.15) is 11.3 Å². The molecule has 0 aliphatic carbocycles. The van der Waals surface area contributed by atoms with Gasteiger partial charge in [-0.2, -0.15) is 23.4 Å². The lowest BCUT2D eigenvalue weighted by Crippen LogP contribution is -2.12. The third-order valence-corrected chi connectivity index (χ3v) is 2.89. The van der Waals surface area contributed by atoms with E-state index in [9.17, 15) is 13.2 Å². The van der Waals surface area contributed by atoms with Crippen molar-refractivity contribution in [2.24, 2.45) is 0 Å². The Hall–Kier alpha value is -2.34. The zero-order valence-corrected chi connectivity index (χ0v) is 11.8. The molecule has 108 valence electrons. The molecule has 5 nitrogen and oxygen atoms in total. The molecule has 0 aliphatic heterocycles. The standard InChI is InChI=1S/C12H7BrF3N5/c13-7-2-1-6(5-17)8(3-7)19-10-4-9(12(14,15)16)20-11(18)21-10/h1-4H,(H3,18,19,20,21). The van der Waals surface area contributed by atoms with Gasteiger partial charge in [0.1, 0.15) is 11.9 Å². The van der Waals surface area contributed by atoms with Gasteiger partial charge in [-0.15, -0.1) is 0 Å². The Morgan fingerprint density at radius 1 is 1.24 bits per heavy atom. The van der Waals surface area contributed by atoms with Crippen molar-refractivity contribution < 1.29 is 13.2 Å². The van der Waals surface area contributed by atoms with Crippen molar-refractivity contribution in [2.45, 2.75) is 6.18 Å². The molecule has 1 heterocycles. The monoisotopic (exact) mass is 357 g/mol. The molecule has 21 heavy (non-hydrogen) atoms. The first-order valence-electron chi connectivity index (χ1n) is 5.48. The summed E-state index contributed by atoms with van der Waals surface area (Å²) < 4.78 is 38.6. The van der Waals surface area contributed by atoms with E-state index in [0.29, 0.717) is 10.2 Å². The van der Waals surface area contributed by atoms with Crippen LogP contribution < -0.4 is 11.1 Å². The minimum absolute atomic E-state index is 0.149. The summed E-state index contributed by atoms with van der Waals surface area (Å²) in [6.07, 6.45) is -4.64. The second-order valence-electron chi connectivity index (χ2n) is 3.92. The summed E-state index contributed by atoms with van der Waals surface area (Å²) in [4.78, 5) is 6.81. The van der Waals surface area contributed by atoms with Gasteiger partial charge in [-0.1, -0.05) is 15.9 Å². The normalized spacial score (nSPS) is 11.0. The van der Waals surface area contributed by atoms with Crippen LogP contribution in [0.15, 0.2) is 28.7 Å². The molecular formula is C12H7BrF3N5. The number of nitriles is 1. The quantitative estimate of drug-likeness (QED) is 0.859. The van der Waals surface area contributed by atoms with Gasteiger partial charge in [-0.25, -0.2) is 4.98 Å². The first kappa shape index (κ1) is 15.1. The zero-order valence-electron chi connectivity index (χ0n) is 10.2. The molecule has 0 saturated heterocycles.